The molecule has 3 aromatic rings. The quantitative estimate of drug-likeness (QED) is 0.342. The number of amides is 1. The highest BCUT2D eigenvalue weighted by Gasteiger charge is 2.18. The van der Waals surface area contributed by atoms with Gasteiger partial charge in [-0.15, -0.1) is 0 Å². The molecule has 0 spiro atoms. The zero-order valence-electron chi connectivity index (χ0n) is 14.9. The second-order valence-corrected chi connectivity index (χ2v) is 6.99. The average Bonchev–Trinajstić information content (AvgIpc) is 3.12. The number of halogens is 1. The van der Waals surface area contributed by atoms with E-state index in [1.165, 1.54) is 12.3 Å². The number of hydrogen-bond donors (Lipinski definition) is 1. The lowest BCUT2D eigenvalue weighted by atomic mass is 10.1. The van der Waals surface area contributed by atoms with Crippen molar-refractivity contribution in [3.63, 3.8) is 0 Å². The molecule has 1 amide bonds. The molecular weight excluding hydrogens is 426 g/mol. The second kappa shape index (κ2) is 8.62. The van der Waals surface area contributed by atoms with E-state index in [1.54, 1.807) is 31.2 Å². The second-order valence-electron chi connectivity index (χ2n) is 6.08. The summed E-state index contributed by atoms with van der Waals surface area (Å²) in [6.07, 6.45) is 1.55. The molecule has 0 saturated heterocycles. The Morgan fingerprint density at radius 3 is 2.68 bits per heavy atom. The van der Waals surface area contributed by atoms with Gasteiger partial charge in [0, 0.05) is 10.5 Å². The molecule has 7 nitrogen and oxygen atoms in total. The van der Waals surface area contributed by atoms with Crippen LogP contribution in [-0.4, -0.2) is 17.0 Å². The van der Waals surface area contributed by atoms with Crippen LogP contribution in [0.2, 0.25) is 0 Å². The van der Waals surface area contributed by atoms with Crippen molar-refractivity contribution in [2.45, 2.75) is 13.3 Å². The molecule has 1 N–H and O–H groups in total. The summed E-state index contributed by atoms with van der Waals surface area (Å²) in [5, 5.41) is 15.1. The minimum Gasteiger partial charge on any atom is -0.455 e. The molecule has 0 saturated carbocycles. The maximum absolute atomic E-state index is 11.9. The first-order valence-electron chi connectivity index (χ1n) is 8.34. The van der Waals surface area contributed by atoms with Gasteiger partial charge in [-0.3, -0.25) is 14.9 Å². The summed E-state index contributed by atoms with van der Waals surface area (Å²) in [6, 6.07) is 15.6. The number of carbonyl (C=O) groups excluding carboxylic acids is 1. The topological polar surface area (TPSA) is 97.7 Å². The molecule has 28 heavy (non-hydrogen) atoms. The first kappa shape index (κ1) is 19.5. The SMILES string of the molecule is Cc1ccc(-c2ccc(/C=N\NC(=O)Cc3ccc(Br)cc3)o2)c([N+](=O)[O-])c1. The molecule has 0 fully saturated rings. The summed E-state index contributed by atoms with van der Waals surface area (Å²) in [7, 11) is 0. The highest BCUT2D eigenvalue weighted by Crippen LogP contribution is 2.31. The van der Waals surface area contributed by atoms with Crippen molar-refractivity contribution in [3.8, 4) is 11.3 Å². The van der Waals surface area contributed by atoms with Gasteiger partial charge in [0.2, 0.25) is 5.91 Å². The number of rotatable bonds is 6. The number of nitro benzene ring substituents is 1. The van der Waals surface area contributed by atoms with Gasteiger partial charge in [-0.1, -0.05) is 34.1 Å². The molecule has 2 aromatic carbocycles. The van der Waals surface area contributed by atoms with E-state index in [0.717, 1.165) is 15.6 Å². The number of furan rings is 1. The van der Waals surface area contributed by atoms with E-state index in [4.69, 9.17) is 4.42 Å². The number of nitrogens with zero attached hydrogens (tertiary/aromatic N) is 2. The van der Waals surface area contributed by atoms with Crippen molar-refractivity contribution >= 4 is 33.7 Å². The van der Waals surface area contributed by atoms with Crippen molar-refractivity contribution in [1.29, 1.82) is 0 Å². The van der Waals surface area contributed by atoms with E-state index in [2.05, 4.69) is 26.5 Å². The number of aryl methyl sites for hydroxylation is 1. The minimum absolute atomic E-state index is 0.0272. The van der Waals surface area contributed by atoms with Gasteiger partial charge in [-0.05, 0) is 48.4 Å². The zero-order chi connectivity index (χ0) is 20.1. The fourth-order valence-electron chi connectivity index (χ4n) is 2.56. The van der Waals surface area contributed by atoms with Crippen LogP contribution in [0.25, 0.3) is 11.3 Å². The van der Waals surface area contributed by atoms with E-state index in [0.29, 0.717) is 17.1 Å². The smallest absolute Gasteiger partial charge is 0.280 e. The first-order valence-corrected chi connectivity index (χ1v) is 9.13. The van der Waals surface area contributed by atoms with Crippen LogP contribution in [0.5, 0.6) is 0 Å². The molecule has 0 unspecified atom stereocenters. The first-order chi connectivity index (χ1) is 13.4. The Hall–Kier alpha value is -3.26. The van der Waals surface area contributed by atoms with Crippen LogP contribution >= 0.6 is 15.9 Å². The van der Waals surface area contributed by atoms with Gasteiger partial charge < -0.3 is 4.42 Å². The van der Waals surface area contributed by atoms with E-state index in [9.17, 15) is 14.9 Å². The molecule has 0 radical (unpaired) electrons. The molecule has 0 aliphatic rings. The molecule has 1 aromatic heterocycles. The van der Waals surface area contributed by atoms with E-state index in [-0.39, 0.29) is 18.0 Å². The van der Waals surface area contributed by atoms with Crippen LogP contribution in [0.1, 0.15) is 16.9 Å². The predicted molar refractivity (Wildman–Crippen MR) is 109 cm³/mol. The van der Waals surface area contributed by atoms with Gasteiger partial charge in [0.15, 0.2) is 0 Å². The Labute approximate surface area is 169 Å². The molecule has 8 heteroatoms. The maximum atomic E-state index is 11.9. The summed E-state index contributed by atoms with van der Waals surface area (Å²) >= 11 is 3.34. The number of hydrogen-bond acceptors (Lipinski definition) is 5. The maximum Gasteiger partial charge on any atom is 0.280 e. The number of carbonyl (C=O) groups is 1. The van der Waals surface area contributed by atoms with Crippen LogP contribution in [0.4, 0.5) is 5.69 Å². The van der Waals surface area contributed by atoms with Gasteiger partial charge >= 0.3 is 0 Å². The Bertz CT molecular complexity index is 1040. The predicted octanol–water partition coefficient (Wildman–Crippen LogP) is 4.62. The Morgan fingerprint density at radius 2 is 1.96 bits per heavy atom. The van der Waals surface area contributed by atoms with Crippen molar-refractivity contribution in [2.75, 3.05) is 0 Å². The van der Waals surface area contributed by atoms with Crippen molar-refractivity contribution in [1.82, 2.24) is 5.43 Å². The van der Waals surface area contributed by atoms with E-state index < -0.39 is 4.92 Å². The molecule has 0 aliphatic heterocycles. The van der Waals surface area contributed by atoms with E-state index >= 15 is 0 Å². The molecule has 0 aliphatic carbocycles. The third-order valence-corrected chi connectivity index (χ3v) is 4.43. The Balaban J connectivity index is 1.65. The van der Waals surface area contributed by atoms with Gasteiger partial charge in [0.05, 0.1) is 23.1 Å². The summed E-state index contributed by atoms with van der Waals surface area (Å²) in [6.45, 7) is 1.79. The number of benzene rings is 2. The largest absolute Gasteiger partial charge is 0.455 e. The van der Waals surface area contributed by atoms with Gasteiger partial charge in [0.25, 0.3) is 5.69 Å². The van der Waals surface area contributed by atoms with Crippen molar-refractivity contribution < 1.29 is 14.1 Å². The highest BCUT2D eigenvalue weighted by atomic mass is 79.9. The van der Waals surface area contributed by atoms with Crippen LogP contribution < -0.4 is 5.43 Å². The summed E-state index contributed by atoms with van der Waals surface area (Å²) in [5.74, 6) is 0.461. The lowest BCUT2D eigenvalue weighted by molar-refractivity contribution is -0.384. The minimum atomic E-state index is -0.443. The van der Waals surface area contributed by atoms with Crippen molar-refractivity contribution in [2.24, 2.45) is 5.10 Å². The molecule has 0 bridgehead atoms. The monoisotopic (exact) mass is 441 g/mol. The third kappa shape index (κ3) is 4.92. The molecule has 1 heterocycles. The molecular formula is C20H16BrN3O4. The lowest BCUT2D eigenvalue weighted by Crippen LogP contribution is -2.19. The van der Waals surface area contributed by atoms with E-state index in [1.807, 2.05) is 24.3 Å². The third-order valence-electron chi connectivity index (χ3n) is 3.90. The van der Waals surface area contributed by atoms with Gasteiger partial charge in [-0.25, -0.2) is 5.43 Å². The van der Waals surface area contributed by atoms with Gasteiger partial charge in [0.1, 0.15) is 11.5 Å². The summed E-state index contributed by atoms with van der Waals surface area (Å²) in [5.41, 5.74) is 4.44. The number of nitrogens with one attached hydrogen (secondary N) is 1. The molecule has 142 valence electrons. The normalized spacial score (nSPS) is 10.9. The fourth-order valence-corrected chi connectivity index (χ4v) is 2.83. The van der Waals surface area contributed by atoms with Crippen LogP contribution in [0.3, 0.4) is 0 Å². The van der Waals surface area contributed by atoms with Crippen molar-refractivity contribution in [3.05, 3.63) is 86.1 Å². The van der Waals surface area contributed by atoms with Gasteiger partial charge in [-0.2, -0.15) is 5.10 Å². The summed E-state index contributed by atoms with van der Waals surface area (Å²) < 4.78 is 6.55. The van der Waals surface area contributed by atoms with Crippen LogP contribution in [0.15, 0.2) is 68.6 Å². The average molecular weight is 442 g/mol. The van der Waals surface area contributed by atoms with Crippen LogP contribution in [0, 0.1) is 17.0 Å². The highest BCUT2D eigenvalue weighted by molar-refractivity contribution is 9.10. The number of nitro groups is 1. The summed E-state index contributed by atoms with van der Waals surface area (Å²) in [4.78, 5) is 22.7. The Kier molecular flexibility index (Phi) is 6.00. The molecule has 3 rings (SSSR count). The zero-order valence-corrected chi connectivity index (χ0v) is 16.5. The Morgan fingerprint density at radius 1 is 1.21 bits per heavy atom. The van der Waals surface area contributed by atoms with Crippen LogP contribution in [-0.2, 0) is 11.2 Å². The number of hydrazone groups is 1. The standard InChI is InChI=1S/C20H16BrN3O4/c1-13-2-8-17(18(10-13)24(26)27)19-9-7-16(28-19)12-22-23-20(25)11-14-3-5-15(21)6-4-14/h2-10,12H,11H2,1H3,(H,23,25)/b22-12-. The molecule has 0 atom stereocenters. The fraction of sp³-hybridized carbons (Fsp3) is 0.100. The lowest BCUT2D eigenvalue weighted by Gasteiger charge is -2.01.